The maximum atomic E-state index is 15.9. The van der Waals surface area contributed by atoms with Crippen LogP contribution in [0.15, 0.2) is 54.6 Å². The lowest BCUT2D eigenvalue weighted by atomic mass is 9.62. The Hall–Kier alpha value is -3.87. The predicted molar refractivity (Wildman–Crippen MR) is 160 cm³/mol. The summed E-state index contributed by atoms with van der Waals surface area (Å²) < 4.78 is 64.5. The molecule has 3 aromatic carbocycles. The molecular weight excluding hydrogens is 639 g/mol. The summed E-state index contributed by atoms with van der Waals surface area (Å²) in [5.41, 5.74) is 7.08. The number of anilines is 2. The van der Waals surface area contributed by atoms with Gasteiger partial charge in [-0.15, -0.1) is 0 Å². The van der Waals surface area contributed by atoms with Crippen molar-refractivity contribution in [3.63, 3.8) is 0 Å². The molecule has 0 aromatic heterocycles. The molecule has 4 atom stereocenters. The fourth-order valence-electron chi connectivity index (χ4n) is 6.54. The lowest BCUT2D eigenvalue weighted by Gasteiger charge is -2.39. The Morgan fingerprint density at radius 3 is 2.33 bits per heavy atom. The van der Waals surface area contributed by atoms with E-state index in [2.05, 4.69) is 5.32 Å². The summed E-state index contributed by atoms with van der Waals surface area (Å²) in [6, 6.07) is 9.45. The minimum Gasteiger partial charge on any atom is -0.495 e. The van der Waals surface area contributed by atoms with Crippen molar-refractivity contribution >= 4 is 52.3 Å². The number of primary amides is 2. The first-order valence-corrected chi connectivity index (χ1v) is 14.4. The van der Waals surface area contributed by atoms with Crippen molar-refractivity contribution in [3.8, 4) is 5.75 Å². The zero-order valence-corrected chi connectivity index (χ0v) is 25.6. The third kappa shape index (κ3) is 4.99. The third-order valence-electron chi connectivity index (χ3n) is 8.77. The molecule has 238 valence electrons. The number of carbonyl (C=O) groups is 3. The molecule has 0 bridgehead atoms. The van der Waals surface area contributed by atoms with Gasteiger partial charge in [0.15, 0.2) is 0 Å². The number of ether oxygens (including phenoxy) is 1. The third-order valence-corrected chi connectivity index (χ3v) is 9.29. The summed E-state index contributed by atoms with van der Waals surface area (Å²) in [4.78, 5) is 41.3. The summed E-state index contributed by atoms with van der Waals surface area (Å²) in [6.45, 7) is 1.95. The molecular formula is C31H28Cl2F4N4O4. The van der Waals surface area contributed by atoms with Crippen molar-refractivity contribution in [2.24, 2.45) is 16.9 Å². The van der Waals surface area contributed by atoms with Crippen LogP contribution in [0.5, 0.6) is 5.75 Å². The highest BCUT2D eigenvalue weighted by molar-refractivity contribution is 6.31. The van der Waals surface area contributed by atoms with Gasteiger partial charge in [0.25, 0.3) is 0 Å². The molecule has 1 fully saturated rings. The summed E-state index contributed by atoms with van der Waals surface area (Å²) in [7, 11) is 1.29. The average molecular weight is 667 g/mol. The molecule has 1 spiro atoms. The first kappa shape index (κ1) is 32.5. The number of benzene rings is 3. The maximum Gasteiger partial charge on any atom is 0.394 e. The smallest absolute Gasteiger partial charge is 0.394 e. The second-order valence-electron chi connectivity index (χ2n) is 11.7. The molecule has 0 radical (unpaired) electrons. The Balaban J connectivity index is 1.88. The molecule has 1 saturated heterocycles. The normalized spacial score (nSPS) is 23.0. The zero-order chi connectivity index (χ0) is 33.2. The van der Waals surface area contributed by atoms with Crippen LogP contribution in [0.3, 0.4) is 0 Å². The van der Waals surface area contributed by atoms with Crippen molar-refractivity contribution in [1.82, 2.24) is 5.32 Å². The fraction of sp³-hybridized carbons (Fsp3) is 0.323. The van der Waals surface area contributed by atoms with E-state index in [-0.39, 0.29) is 43.9 Å². The van der Waals surface area contributed by atoms with Crippen LogP contribution < -0.4 is 26.4 Å². The highest BCUT2D eigenvalue weighted by atomic mass is 35.5. The number of rotatable bonds is 7. The fourth-order valence-corrected chi connectivity index (χ4v) is 6.89. The minimum absolute atomic E-state index is 0.0256. The molecule has 14 heteroatoms. The second kappa shape index (κ2) is 11.2. The number of hydrogen-bond acceptors (Lipinski definition) is 5. The maximum absolute atomic E-state index is 15.9. The van der Waals surface area contributed by atoms with Crippen LogP contribution in [0.4, 0.5) is 28.9 Å². The quantitative estimate of drug-likeness (QED) is 0.277. The number of amides is 3. The topological polar surface area (TPSA) is 128 Å². The van der Waals surface area contributed by atoms with Gasteiger partial charge in [0.1, 0.15) is 17.0 Å². The number of fused-ring (bicyclic) bond motifs is 2. The zero-order valence-electron chi connectivity index (χ0n) is 24.1. The number of methoxy groups -OCH3 is 1. The van der Waals surface area contributed by atoms with Crippen molar-refractivity contribution in [3.05, 3.63) is 87.2 Å². The van der Waals surface area contributed by atoms with E-state index in [0.717, 1.165) is 13.8 Å². The molecule has 2 aliphatic heterocycles. The van der Waals surface area contributed by atoms with E-state index in [0.29, 0.717) is 0 Å². The lowest BCUT2D eigenvalue weighted by molar-refractivity contribution is -0.216. The monoisotopic (exact) mass is 666 g/mol. The number of nitrogens with one attached hydrogen (secondary N) is 1. The number of nitrogens with two attached hydrogens (primary N) is 2. The van der Waals surface area contributed by atoms with E-state index in [4.69, 9.17) is 39.4 Å². The van der Waals surface area contributed by atoms with Crippen molar-refractivity contribution < 1.29 is 36.7 Å². The standard InChI is InChI=1S/C31H28Cl2F4N4O4/c1-29(2,31(35,36)37)13-22-30(23(25(40-22)27(39)43)16-5-4-6-18(33)24(16)34)17-9-8-15(32)12-20(17)41(28(30)44)19-10-7-14(26(38)42)11-21(19)45-3/h4-12,22-23,25,40H,13H2,1-3H3,(H2,38,42)(H2,39,43)/t22-,23-,25+,30+/m0/s1. The molecule has 3 amide bonds. The van der Waals surface area contributed by atoms with Crippen LogP contribution in [0.2, 0.25) is 10.0 Å². The van der Waals surface area contributed by atoms with Gasteiger partial charge in [0.05, 0.1) is 35.0 Å². The molecule has 45 heavy (non-hydrogen) atoms. The number of halogens is 6. The largest absolute Gasteiger partial charge is 0.495 e. The molecule has 5 N–H and O–H groups in total. The van der Waals surface area contributed by atoms with Gasteiger partial charge in [-0.1, -0.05) is 55.2 Å². The van der Waals surface area contributed by atoms with Crippen LogP contribution in [0.25, 0.3) is 0 Å². The van der Waals surface area contributed by atoms with Gasteiger partial charge in [-0.05, 0) is 53.9 Å². The molecule has 8 nitrogen and oxygen atoms in total. The van der Waals surface area contributed by atoms with E-state index < -0.39 is 65.0 Å². The summed E-state index contributed by atoms with van der Waals surface area (Å²) in [5.74, 6) is -5.00. The Bertz CT molecular complexity index is 1730. The van der Waals surface area contributed by atoms with Gasteiger partial charge in [0, 0.05) is 22.5 Å². The van der Waals surface area contributed by atoms with Gasteiger partial charge < -0.3 is 21.5 Å². The second-order valence-corrected chi connectivity index (χ2v) is 12.6. The molecule has 3 aromatic rings. The van der Waals surface area contributed by atoms with E-state index in [9.17, 15) is 22.8 Å². The first-order chi connectivity index (χ1) is 21.0. The van der Waals surface area contributed by atoms with E-state index in [1.54, 1.807) is 0 Å². The van der Waals surface area contributed by atoms with Crippen LogP contribution >= 0.6 is 23.2 Å². The predicted octanol–water partition coefficient (Wildman–Crippen LogP) is 5.74. The van der Waals surface area contributed by atoms with Crippen molar-refractivity contribution in [2.75, 3.05) is 12.0 Å². The highest BCUT2D eigenvalue weighted by Crippen LogP contribution is 2.61. The van der Waals surface area contributed by atoms with Gasteiger partial charge in [-0.3, -0.25) is 19.3 Å². The number of carbonyl (C=O) groups excluding carboxylic acids is 3. The van der Waals surface area contributed by atoms with Crippen molar-refractivity contribution in [2.45, 2.75) is 49.9 Å². The lowest BCUT2D eigenvalue weighted by Crippen LogP contribution is -2.53. The van der Waals surface area contributed by atoms with E-state index >= 15 is 9.18 Å². The Labute approximate surface area is 265 Å². The first-order valence-electron chi connectivity index (χ1n) is 13.7. The highest BCUT2D eigenvalue weighted by Gasteiger charge is 2.69. The SMILES string of the molecule is COc1cc(C(N)=O)ccc1N1C(=O)[C@]2(c3ccc(Cl)cc31)[C@H](CC(C)(C)C(F)(F)F)N[C@@H](C(N)=O)[C@@H]2c1cccc(Cl)c1F. The molecule has 5 rings (SSSR count). The summed E-state index contributed by atoms with van der Waals surface area (Å²) >= 11 is 12.5. The van der Waals surface area contributed by atoms with Crippen molar-refractivity contribution in [1.29, 1.82) is 0 Å². The van der Waals surface area contributed by atoms with Gasteiger partial charge in [-0.2, -0.15) is 13.2 Å². The molecule has 0 aliphatic carbocycles. The van der Waals surface area contributed by atoms with Crippen LogP contribution in [0, 0.1) is 11.2 Å². The van der Waals surface area contributed by atoms with E-state index in [1.807, 2.05) is 0 Å². The van der Waals surface area contributed by atoms with Gasteiger partial charge in [-0.25, -0.2) is 4.39 Å². The minimum atomic E-state index is -4.73. The molecule has 0 unspecified atom stereocenters. The van der Waals surface area contributed by atoms with Gasteiger partial charge >= 0.3 is 6.18 Å². The van der Waals surface area contributed by atoms with Crippen LogP contribution in [0.1, 0.15) is 47.7 Å². The van der Waals surface area contributed by atoms with Gasteiger partial charge in [0.2, 0.25) is 17.7 Å². The number of nitrogens with zero attached hydrogens (tertiary/aromatic N) is 1. The molecule has 0 saturated carbocycles. The summed E-state index contributed by atoms with van der Waals surface area (Å²) in [5, 5.41) is 2.75. The van der Waals surface area contributed by atoms with Crippen LogP contribution in [-0.4, -0.2) is 43.1 Å². The average Bonchev–Trinajstić information content (AvgIpc) is 3.41. The Morgan fingerprint density at radius 1 is 1.04 bits per heavy atom. The number of alkyl halides is 3. The molecule has 2 aliphatic rings. The number of hydrogen-bond donors (Lipinski definition) is 3. The van der Waals surface area contributed by atoms with Crippen LogP contribution in [-0.2, 0) is 15.0 Å². The van der Waals surface area contributed by atoms with E-state index in [1.165, 1.54) is 66.6 Å². The Morgan fingerprint density at radius 2 is 1.73 bits per heavy atom. The summed E-state index contributed by atoms with van der Waals surface area (Å²) in [6.07, 6.45) is -5.44. The Kier molecular flexibility index (Phi) is 8.08. The molecule has 2 heterocycles.